The van der Waals surface area contributed by atoms with Crippen molar-refractivity contribution in [3.8, 4) is 44.7 Å². The number of hydrogen-bond donors (Lipinski definition) is 0. The second-order valence-corrected chi connectivity index (χ2v) is 14.0. The Bertz CT molecular complexity index is 3120. The standard InChI is InChI=1S/C51H32O2/c1-31-26-29-45(52-31)50-40-22-11-9-20-38(40)49(39-21-10-12-23-41(39)50)43-24-13-25-44-51(43)42-28-27-33(30-46(42)53-44)48-36-18-7-5-16-34(36)47(32-14-3-2-4-15-32)35-17-6-8-19-37(35)48/h2-30H,1H3. The van der Waals surface area contributed by atoms with E-state index in [-0.39, 0.29) is 0 Å². The van der Waals surface area contributed by atoms with Crippen LogP contribution in [0.3, 0.4) is 0 Å². The number of furan rings is 2. The van der Waals surface area contributed by atoms with Gasteiger partial charge in [-0.2, -0.15) is 0 Å². The van der Waals surface area contributed by atoms with Gasteiger partial charge in [0.2, 0.25) is 0 Å². The number of rotatable bonds is 4. The van der Waals surface area contributed by atoms with Gasteiger partial charge in [0.1, 0.15) is 22.7 Å². The second-order valence-electron chi connectivity index (χ2n) is 14.0. The van der Waals surface area contributed by atoms with E-state index >= 15 is 0 Å². The summed E-state index contributed by atoms with van der Waals surface area (Å²) in [4.78, 5) is 0. The summed E-state index contributed by atoms with van der Waals surface area (Å²) in [6, 6.07) is 63.2. The van der Waals surface area contributed by atoms with Gasteiger partial charge in [0.15, 0.2) is 0 Å². The first-order valence-corrected chi connectivity index (χ1v) is 18.2. The maximum atomic E-state index is 6.80. The number of benzene rings is 9. The molecule has 0 saturated carbocycles. The highest BCUT2D eigenvalue weighted by atomic mass is 16.3. The minimum atomic E-state index is 0.876. The van der Waals surface area contributed by atoms with Gasteiger partial charge in [0, 0.05) is 16.3 Å². The van der Waals surface area contributed by atoms with Gasteiger partial charge in [-0.15, -0.1) is 0 Å². The molecule has 0 atom stereocenters. The van der Waals surface area contributed by atoms with Crippen molar-refractivity contribution in [3.63, 3.8) is 0 Å². The van der Waals surface area contributed by atoms with Crippen LogP contribution < -0.4 is 0 Å². The molecule has 53 heavy (non-hydrogen) atoms. The van der Waals surface area contributed by atoms with E-state index < -0.39 is 0 Å². The molecular weight excluding hydrogens is 645 g/mol. The van der Waals surface area contributed by atoms with Crippen LogP contribution in [-0.4, -0.2) is 0 Å². The molecule has 0 radical (unpaired) electrons. The third kappa shape index (κ3) is 4.46. The monoisotopic (exact) mass is 676 g/mol. The quantitative estimate of drug-likeness (QED) is 0.173. The van der Waals surface area contributed by atoms with Gasteiger partial charge in [-0.05, 0) is 114 Å². The first-order chi connectivity index (χ1) is 26.2. The van der Waals surface area contributed by atoms with Gasteiger partial charge in [0.25, 0.3) is 0 Å². The Labute approximate surface area is 306 Å². The summed E-state index contributed by atoms with van der Waals surface area (Å²) in [7, 11) is 0. The molecule has 0 saturated heterocycles. The average molecular weight is 677 g/mol. The first kappa shape index (κ1) is 29.8. The van der Waals surface area contributed by atoms with Crippen molar-refractivity contribution in [3.05, 3.63) is 182 Å². The lowest BCUT2D eigenvalue weighted by Gasteiger charge is -2.17. The van der Waals surface area contributed by atoms with Crippen LogP contribution in [0.1, 0.15) is 5.76 Å². The molecule has 0 N–H and O–H groups in total. The van der Waals surface area contributed by atoms with E-state index in [4.69, 9.17) is 8.83 Å². The second kappa shape index (κ2) is 11.6. The van der Waals surface area contributed by atoms with E-state index in [0.717, 1.165) is 50.1 Å². The predicted octanol–water partition coefficient (Wildman–Crippen LogP) is 14.8. The number of aryl methyl sites for hydroxylation is 1. The van der Waals surface area contributed by atoms with Crippen molar-refractivity contribution in [2.45, 2.75) is 6.92 Å². The molecule has 2 aromatic heterocycles. The molecule has 0 aliphatic rings. The van der Waals surface area contributed by atoms with E-state index in [1.807, 2.05) is 13.0 Å². The molecule has 248 valence electrons. The smallest absolute Gasteiger partial charge is 0.136 e. The van der Waals surface area contributed by atoms with Gasteiger partial charge < -0.3 is 8.83 Å². The summed E-state index contributed by atoms with van der Waals surface area (Å²) in [5.74, 6) is 1.79. The predicted molar refractivity (Wildman–Crippen MR) is 222 cm³/mol. The first-order valence-electron chi connectivity index (χ1n) is 18.2. The summed E-state index contributed by atoms with van der Waals surface area (Å²) in [6.07, 6.45) is 0. The molecular formula is C51H32O2. The minimum Gasteiger partial charge on any atom is -0.461 e. The molecule has 0 spiro atoms. The number of fused-ring (bicyclic) bond motifs is 7. The number of hydrogen-bond acceptors (Lipinski definition) is 2. The Hall–Kier alpha value is -6.90. The van der Waals surface area contributed by atoms with E-state index in [1.54, 1.807) is 0 Å². The fraction of sp³-hybridized carbons (Fsp3) is 0.0196. The molecule has 2 heterocycles. The minimum absolute atomic E-state index is 0.876. The van der Waals surface area contributed by atoms with Crippen LogP contribution in [-0.2, 0) is 0 Å². The van der Waals surface area contributed by atoms with E-state index in [0.29, 0.717) is 0 Å². The van der Waals surface area contributed by atoms with Crippen molar-refractivity contribution in [1.29, 1.82) is 0 Å². The van der Waals surface area contributed by atoms with Gasteiger partial charge >= 0.3 is 0 Å². The molecule has 0 aliphatic carbocycles. The third-order valence-corrected chi connectivity index (χ3v) is 11.0. The highest BCUT2D eigenvalue weighted by molar-refractivity contribution is 6.26. The van der Waals surface area contributed by atoms with Crippen LogP contribution in [0, 0.1) is 6.92 Å². The van der Waals surface area contributed by atoms with Gasteiger partial charge in [-0.1, -0.05) is 146 Å². The van der Waals surface area contributed by atoms with Crippen LogP contribution in [0.2, 0.25) is 0 Å². The highest BCUT2D eigenvalue weighted by Gasteiger charge is 2.22. The molecule has 2 nitrogen and oxygen atoms in total. The van der Waals surface area contributed by atoms with Crippen molar-refractivity contribution in [2.24, 2.45) is 0 Å². The van der Waals surface area contributed by atoms with Crippen LogP contribution in [0.5, 0.6) is 0 Å². The zero-order chi connectivity index (χ0) is 35.0. The van der Waals surface area contributed by atoms with E-state index in [2.05, 4.69) is 170 Å². The van der Waals surface area contributed by atoms with Crippen molar-refractivity contribution < 1.29 is 8.83 Å². The Kier molecular flexibility index (Phi) is 6.50. The summed E-state index contributed by atoms with van der Waals surface area (Å²) >= 11 is 0. The zero-order valence-corrected chi connectivity index (χ0v) is 29.1. The topological polar surface area (TPSA) is 26.3 Å². The largest absolute Gasteiger partial charge is 0.461 e. The fourth-order valence-electron chi connectivity index (χ4n) is 8.80. The zero-order valence-electron chi connectivity index (χ0n) is 29.1. The molecule has 11 rings (SSSR count). The molecule has 0 aliphatic heterocycles. The summed E-state index contributed by atoms with van der Waals surface area (Å²) in [5.41, 5.74) is 10.1. The van der Waals surface area contributed by atoms with Crippen molar-refractivity contribution >= 4 is 65.0 Å². The molecule has 0 unspecified atom stereocenters. The molecule has 0 fully saturated rings. The summed E-state index contributed by atoms with van der Waals surface area (Å²) in [6.45, 7) is 2.00. The Morgan fingerprint density at radius 1 is 0.321 bits per heavy atom. The van der Waals surface area contributed by atoms with Gasteiger partial charge in [-0.3, -0.25) is 0 Å². The van der Waals surface area contributed by atoms with E-state index in [1.165, 1.54) is 65.3 Å². The summed E-state index contributed by atoms with van der Waals surface area (Å²) in [5, 5.41) is 11.9. The van der Waals surface area contributed by atoms with Crippen LogP contribution in [0.4, 0.5) is 0 Å². The molecule has 0 amide bonds. The van der Waals surface area contributed by atoms with Crippen molar-refractivity contribution in [2.75, 3.05) is 0 Å². The molecule has 9 aromatic carbocycles. The van der Waals surface area contributed by atoms with Gasteiger partial charge in [0.05, 0.1) is 0 Å². The maximum absolute atomic E-state index is 6.80. The molecule has 0 bridgehead atoms. The SMILES string of the molecule is Cc1ccc(-c2c3ccccc3c(-c3cccc4oc5cc(-c6c7ccccc7c(-c7ccccc7)c7ccccc67)ccc5c34)c3ccccc23)o1. The lowest BCUT2D eigenvalue weighted by molar-refractivity contribution is 0.549. The molecule has 2 heteroatoms. The lowest BCUT2D eigenvalue weighted by Crippen LogP contribution is -1.91. The van der Waals surface area contributed by atoms with Crippen LogP contribution >= 0.6 is 0 Å². The third-order valence-electron chi connectivity index (χ3n) is 11.0. The van der Waals surface area contributed by atoms with Crippen molar-refractivity contribution in [1.82, 2.24) is 0 Å². The van der Waals surface area contributed by atoms with E-state index in [9.17, 15) is 0 Å². The normalized spacial score (nSPS) is 11.9. The Morgan fingerprint density at radius 3 is 1.38 bits per heavy atom. The van der Waals surface area contributed by atoms with Crippen LogP contribution in [0.15, 0.2) is 185 Å². The van der Waals surface area contributed by atoms with Gasteiger partial charge in [-0.25, -0.2) is 0 Å². The fourth-order valence-corrected chi connectivity index (χ4v) is 8.80. The Balaban J connectivity index is 1.18. The van der Waals surface area contributed by atoms with Crippen LogP contribution in [0.25, 0.3) is 110 Å². The maximum Gasteiger partial charge on any atom is 0.136 e. The highest BCUT2D eigenvalue weighted by Crippen LogP contribution is 2.48. The summed E-state index contributed by atoms with van der Waals surface area (Å²) < 4.78 is 13.1. The Morgan fingerprint density at radius 2 is 0.830 bits per heavy atom. The molecule has 11 aromatic rings. The average Bonchev–Trinajstić information content (AvgIpc) is 3.82. The lowest BCUT2D eigenvalue weighted by atomic mass is 9.85.